The minimum atomic E-state index is -0.616. The van der Waals surface area contributed by atoms with Gasteiger partial charge in [0.15, 0.2) is 0 Å². The summed E-state index contributed by atoms with van der Waals surface area (Å²) >= 11 is 0. The van der Waals surface area contributed by atoms with Crippen molar-refractivity contribution in [2.45, 2.75) is 65.2 Å². The molecule has 1 aliphatic rings. The molecule has 0 heterocycles. The highest BCUT2D eigenvalue weighted by atomic mass is 16.4. The first-order valence-corrected chi connectivity index (χ1v) is 8.07. The number of benzene rings is 1. The lowest BCUT2D eigenvalue weighted by atomic mass is 9.81. The molecule has 1 fully saturated rings. The molecule has 0 saturated heterocycles. The Bertz CT molecular complexity index is 525. The topological polar surface area (TPSA) is 37.3 Å². The van der Waals surface area contributed by atoms with Gasteiger partial charge in [0, 0.05) is 0 Å². The van der Waals surface area contributed by atoms with Gasteiger partial charge < -0.3 is 5.11 Å². The summed E-state index contributed by atoms with van der Waals surface area (Å²) < 4.78 is 0. The van der Waals surface area contributed by atoms with Crippen molar-refractivity contribution in [3.05, 3.63) is 34.9 Å². The van der Waals surface area contributed by atoms with Crippen LogP contribution in [0.1, 0.15) is 69.6 Å². The molecule has 0 amide bonds. The van der Waals surface area contributed by atoms with Gasteiger partial charge in [0.25, 0.3) is 0 Å². The zero-order valence-corrected chi connectivity index (χ0v) is 13.9. The third-order valence-corrected chi connectivity index (χ3v) is 4.90. The molecule has 0 bridgehead atoms. The molecule has 116 valence electrons. The maximum atomic E-state index is 11.0. The summed E-state index contributed by atoms with van der Waals surface area (Å²) in [7, 11) is 0. The minimum Gasteiger partial charge on any atom is -0.481 e. The zero-order valence-electron chi connectivity index (χ0n) is 13.9. The molecule has 1 N–H and O–H groups in total. The first-order valence-electron chi connectivity index (χ1n) is 8.07. The molecule has 1 saturated carbocycles. The maximum absolute atomic E-state index is 11.0. The van der Waals surface area contributed by atoms with Crippen LogP contribution >= 0.6 is 0 Å². The van der Waals surface area contributed by atoms with E-state index in [4.69, 9.17) is 5.11 Å². The lowest BCUT2D eigenvalue weighted by Gasteiger charge is -2.24. The molecule has 1 aromatic rings. The van der Waals surface area contributed by atoms with Crippen molar-refractivity contribution < 1.29 is 9.90 Å². The van der Waals surface area contributed by atoms with E-state index >= 15 is 0 Å². The molecule has 2 nitrogen and oxygen atoms in total. The Labute approximate surface area is 128 Å². The second-order valence-electron chi connectivity index (χ2n) is 7.60. The fourth-order valence-corrected chi connectivity index (χ4v) is 3.24. The predicted octanol–water partition coefficient (Wildman–Crippen LogP) is 4.90. The first-order chi connectivity index (χ1) is 9.74. The summed E-state index contributed by atoms with van der Waals surface area (Å²) in [5.41, 5.74) is 4.28. The molecule has 0 aromatic heterocycles. The molecule has 0 spiro atoms. The van der Waals surface area contributed by atoms with Crippen molar-refractivity contribution in [2.24, 2.45) is 11.8 Å². The number of carbonyl (C=O) groups is 1. The molecule has 21 heavy (non-hydrogen) atoms. The van der Waals surface area contributed by atoms with Crippen LogP contribution in [0.4, 0.5) is 0 Å². The van der Waals surface area contributed by atoms with E-state index in [-0.39, 0.29) is 11.3 Å². The van der Waals surface area contributed by atoms with Crippen LogP contribution in [-0.4, -0.2) is 11.1 Å². The number of aryl methyl sites for hydroxylation is 1. The molecule has 1 aromatic carbocycles. The Morgan fingerprint density at radius 2 is 2.05 bits per heavy atom. The highest BCUT2D eigenvalue weighted by Crippen LogP contribution is 2.46. The molecule has 1 aliphatic carbocycles. The van der Waals surface area contributed by atoms with E-state index < -0.39 is 5.97 Å². The normalized spacial score (nSPS) is 22.9. The van der Waals surface area contributed by atoms with Gasteiger partial charge in [-0.25, -0.2) is 0 Å². The Kier molecular flexibility index (Phi) is 4.46. The van der Waals surface area contributed by atoms with Crippen molar-refractivity contribution in [1.29, 1.82) is 0 Å². The van der Waals surface area contributed by atoms with Crippen LogP contribution in [0, 0.1) is 18.8 Å². The van der Waals surface area contributed by atoms with Crippen LogP contribution in [-0.2, 0) is 10.2 Å². The highest BCUT2D eigenvalue weighted by Gasteiger charge is 2.44. The molecular formula is C19H28O2. The van der Waals surface area contributed by atoms with E-state index in [2.05, 4.69) is 52.8 Å². The van der Waals surface area contributed by atoms with Gasteiger partial charge in [0.05, 0.1) is 5.92 Å². The average Bonchev–Trinajstić information content (AvgIpc) is 3.15. The van der Waals surface area contributed by atoms with Crippen LogP contribution in [0.3, 0.4) is 0 Å². The molecule has 2 rings (SSSR count). The SMILES string of the molecule is CCC(CC1CC1C(=O)O)c1cc(C(C)(C)C)ccc1C. The van der Waals surface area contributed by atoms with Gasteiger partial charge in [-0.05, 0) is 60.1 Å². The van der Waals surface area contributed by atoms with Gasteiger partial charge in [0.2, 0.25) is 0 Å². The largest absolute Gasteiger partial charge is 0.481 e. The maximum Gasteiger partial charge on any atom is 0.306 e. The zero-order chi connectivity index (χ0) is 15.8. The number of hydrogen-bond acceptors (Lipinski definition) is 1. The van der Waals surface area contributed by atoms with Gasteiger partial charge in [-0.1, -0.05) is 45.9 Å². The number of rotatable bonds is 5. The lowest BCUT2D eigenvalue weighted by Crippen LogP contribution is -2.13. The van der Waals surface area contributed by atoms with E-state index in [9.17, 15) is 4.79 Å². The van der Waals surface area contributed by atoms with Gasteiger partial charge in [-0.15, -0.1) is 0 Å². The van der Waals surface area contributed by atoms with Gasteiger partial charge >= 0.3 is 5.97 Å². The Morgan fingerprint density at radius 3 is 2.52 bits per heavy atom. The predicted molar refractivity (Wildman–Crippen MR) is 86.8 cm³/mol. The van der Waals surface area contributed by atoms with Crippen molar-refractivity contribution in [3.8, 4) is 0 Å². The smallest absolute Gasteiger partial charge is 0.306 e. The van der Waals surface area contributed by atoms with Gasteiger partial charge in [-0.2, -0.15) is 0 Å². The van der Waals surface area contributed by atoms with Gasteiger partial charge in [0.1, 0.15) is 0 Å². The fourth-order valence-electron chi connectivity index (χ4n) is 3.24. The van der Waals surface area contributed by atoms with E-state index in [1.807, 2.05) is 0 Å². The van der Waals surface area contributed by atoms with Crippen LogP contribution in [0.2, 0.25) is 0 Å². The summed E-state index contributed by atoms with van der Waals surface area (Å²) in [4.78, 5) is 11.0. The van der Waals surface area contributed by atoms with Crippen molar-refractivity contribution >= 4 is 5.97 Å². The molecule has 0 aliphatic heterocycles. The third-order valence-electron chi connectivity index (χ3n) is 4.90. The van der Waals surface area contributed by atoms with Crippen molar-refractivity contribution in [3.63, 3.8) is 0 Å². The highest BCUT2D eigenvalue weighted by molar-refractivity contribution is 5.73. The average molecular weight is 288 g/mol. The Morgan fingerprint density at radius 1 is 1.38 bits per heavy atom. The van der Waals surface area contributed by atoms with E-state index in [0.29, 0.717) is 11.8 Å². The summed E-state index contributed by atoms with van der Waals surface area (Å²) in [6, 6.07) is 6.80. The number of aliphatic carboxylic acids is 1. The van der Waals surface area contributed by atoms with Crippen molar-refractivity contribution in [2.75, 3.05) is 0 Å². The number of carboxylic acid groups (broad SMARTS) is 1. The summed E-state index contributed by atoms with van der Waals surface area (Å²) in [5, 5.41) is 9.09. The minimum absolute atomic E-state index is 0.0924. The second kappa shape index (κ2) is 5.82. The number of carboxylic acids is 1. The van der Waals surface area contributed by atoms with Gasteiger partial charge in [-0.3, -0.25) is 4.79 Å². The fraction of sp³-hybridized carbons (Fsp3) is 0.632. The van der Waals surface area contributed by atoms with Crippen LogP contribution in [0.5, 0.6) is 0 Å². The second-order valence-corrected chi connectivity index (χ2v) is 7.60. The lowest BCUT2D eigenvalue weighted by molar-refractivity contribution is -0.138. The molecule has 3 atom stereocenters. The monoisotopic (exact) mass is 288 g/mol. The molecule has 3 unspecified atom stereocenters. The summed E-state index contributed by atoms with van der Waals surface area (Å²) in [6.07, 6.45) is 2.96. The quantitative estimate of drug-likeness (QED) is 0.837. The Balaban J connectivity index is 2.20. The number of hydrogen-bond donors (Lipinski definition) is 1. The Hall–Kier alpha value is -1.31. The van der Waals surface area contributed by atoms with Crippen LogP contribution in [0.25, 0.3) is 0 Å². The molecule has 0 radical (unpaired) electrons. The van der Waals surface area contributed by atoms with Crippen LogP contribution < -0.4 is 0 Å². The summed E-state index contributed by atoms with van der Waals surface area (Å²) in [5.74, 6) is 0.159. The third kappa shape index (κ3) is 3.66. The van der Waals surface area contributed by atoms with Crippen LogP contribution in [0.15, 0.2) is 18.2 Å². The van der Waals surface area contributed by atoms with E-state index in [1.54, 1.807) is 0 Å². The standard InChI is InChI=1S/C19H28O2/c1-6-13(9-14-10-17(14)18(20)21)16-11-15(19(3,4)5)8-7-12(16)2/h7-8,11,13-14,17H,6,9-10H2,1-5H3,(H,20,21). The molecular weight excluding hydrogens is 260 g/mol. The first kappa shape index (κ1) is 16.1. The molecule has 2 heteroatoms. The summed E-state index contributed by atoms with van der Waals surface area (Å²) in [6.45, 7) is 11.1. The van der Waals surface area contributed by atoms with Crippen molar-refractivity contribution in [1.82, 2.24) is 0 Å². The van der Waals surface area contributed by atoms with E-state index in [1.165, 1.54) is 16.7 Å². The van der Waals surface area contributed by atoms with E-state index in [0.717, 1.165) is 19.3 Å².